The van der Waals surface area contributed by atoms with Crippen LogP contribution in [-0.4, -0.2) is 31.4 Å². The molecule has 1 saturated heterocycles. The summed E-state index contributed by atoms with van der Waals surface area (Å²) in [5.41, 5.74) is 5.29. The number of hydrogen-bond donors (Lipinski definition) is 1. The monoisotopic (exact) mass is 332 g/mol. The standard InChI is InChI=1S/C12H17BrN2O2S/c1-12(9-14)6-3-7-15(12)18(16,17)11-5-2-4-10(13)8-11/h2,4-5,8H,3,6-7,9,14H2,1H3. The average molecular weight is 333 g/mol. The quantitative estimate of drug-likeness (QED) is 0.920. The molecular weight excluding hydrogens is 316 g/mol. The zero-order valence-electron chi connectivity index (χ0n) is 10.3. The van der Waals surface area contributed by atoms with Crippen molar-refractivity contribution >= 4 is 26.0 Å². The number of hydrogen-bond acceptors (Lipinski definition) is 3. The lowest BCUT2D eigenvalue weighted by molar-refractivity contribution is 0.274. The van der Waals surface area contributed by atoms with Crippen LogP contribution in [-0.2, 0) is 10.0 Å². The Morgan fingerprint density at radius 2 is 2.22 bits per heavy atom. The molecule has 1 fully saturated rings. The number of rotatable bonds is 3. The molecular formula is C12H17BrN2O2S. The molecule has 1 aliphatic heterocycles. The van der Waals surface area contributed by atoms with Crippen molar-refractivity contribution in [3.63, 3.8) is 0 Å². The Kier molecular flexibility index (Phi) is 3.82. The molecule has 0 amide bonds. The van der Waals surface area contributed by atoms with Crippen LogP contribution in [0.2, 0.25) is 0 Å². The van der Waals surface area contributed by atoms with Gasteiger partial charge in [-0.3, -0.25) is 0 Å². The fourth-order valence-corrected chi connectivity index (χ4v) is 4.81. The van der Waals surface area contributed by atoms with E-state index in [-0.39, 0.29) is 0 Å². The number of benzene rings is 1. The summed E-state index contributed by atoms with van der Waals surface area (Å²) in [6.07, 6.45) is 1.68. The molecule has 18 heavy (non-hydrogen) atoms. The van der Waals surface area contributed by atoms with Gasteiger partial charge in [0.1, 0.15) is 0 Å². The highest BCUT2D eigenvalue weighted by Crippen LogP contribution is 2.34. The van der Waals surface area contributed by atoms with Gasteiger partial charge in [0.05, 0.1) is 4.90 Å². The molecule has 100 valence electrons. The van der Waals surface area contributed by atoms with E-state index < -0.39 is 15.6 Å². The van der Waals surface area contributed by atoms with E-state index in [0.29, 0.717) is 18.0 Å². The van der Waals surface area contributed by atoms with Crippen LogP contribution < -0.4 is 5.73 Å². The van der Waals surface area contributed by atoms with E-state index in [4.69, 9.17) is 5.73 Å². The van der Waals surface area contributed by atoms with E-state index in [1.54, 1.807) is 22.5 Å². The van der Waals surface area contributed by atoms with Crippen molar-refractivity contribution in [3.8, 4) is 0 Å². The van der Waals surface area contributed by atoms with Gasteiger partial charge in [0, 0.05) is 23.1 Å². The predicted octanol–water partition coefficient (Wildman–Crippen LogP) is 1.95. The lowest BCUT2D eigenvalue weighted by atomic mass is 10.0. The molecule has 1 aromatic rings. The third-order valence-corrected chi connectivity index (χ3v) is 6.05. The first-order valence-electron chi connectivity index (χ1n) is 5.89. The minimum Gasteiger partial charge on any atom is -0.329 e. The van der Waals surface area contributed by atoms with Gasteiger partial charge in [-0.2, -0.15) is 4.31 Å². The summed E-state index contributed by atoms with van der Waals surface area (Å²) in [4.78, 5) is 0.318. The van der Waals surface area contributed by atoms with Gasteiger partial charge in [0.15, 0.2) is 0 Å². The van der Waals surface area contributed by atoms with Crippen LogP contribution >= 0.6 is 15.9 Å². The highest BCUT2D eigenvalue weighted by Gasteiger charge is 2.43. The maximum absolute atomic E-state index is 12.6. The number of nitrogens with zero attached hydrogens (tertiary/aromatic N) is 1. The zero-order chi connectivity index (χ0) is 13.4. The molecule has 2 N–H and O–H groups in total. The average Bonchev–Trinajstić information content (AvgIpc) is 2.73. The highest BCUT2D eigenvalue weighted by molar-refractivity contribution is 9.10. The Morgan fingerprint density at radius 3 is 2.83 bits per heavy atom. The minimum atomic E-state index is -3.46. The zero-order valence-corrected chi connectivity index (χ0v) is 12.7. The van der Waals surface area contributed by atoms with Crippen LogP contribution in [0.25, 0.3) is 0 Å². The van der Waals surface area contributed by atoms with E-state index in [2.05, 4.69) is 15.9 Å². The van der Waals surface area contributed by atoms with Gasteiger partial charge in [-0.15, -0.1) is 0 Å². The van der Waals surface area contributed by atoms with Crippen LogP contribution in [0.4, 0.5) is 0 Å². The third kappa shape index (κ3) is 2.34. The predicted molar refractivity (Wildman–Crippen MR) is 74.7 cm³/mol. The summed E-state index contributed by atoms with van der Waals surface area (Å²) >= 11 is 3.30. The maximum atomic E-state index is 12.6. The number of nitrogens with two attached hydrogens (primary N) is 1. The molecule has 0 bridgehead atoms. The molecule has 1 unspecified atom stereocenters. The van der Waals surface area contributed by atoms with Crippen LogP contribution in [0.5, 0.6) is 0 Å². The van der Waals surface area contributed by atoms with Crippen LogP contribution in [0.15, 0.2) is 33.6 Å². The van der Waals surface area contributed by atoms with Gasteiger partial charge < -0.3 is 5.73 Å². The topological polar surface area (TPSA) is 63.4 Å². The van der Waals surface area contributed by atoms with Crippen molar-refractivity contribution in [2.45, 2.75) is 30.2 Å². The molecule has 2 rings (SSSR count). The van der Waals surface area contributed by atoms with Gasteiger partial charge in [0.25, 0.3) is 0 Å². The fraction of sp³-hybridized carbons (Fsp3) is 0.500. The Bertz CT molecular complexity index is 547. The summed E-state index contributed by atoms with van der Waals surface area (Å²) in [5, 5.41) is 0. The van der Waals surface area contributed by atoms with E-state index in [1.165, 1.54) is 0 Å². The van der Waals surface area contributed by atoms with Gasteiger partial charge in [-0.1, -0.05) is 22.0 Å². The van der Waals surface area contributed by atoms with Crippen molar-refractivity contribution in [2.24, 2.45) is 5.73 Å². The van der Waals surface area contributed by atoms with Crippen molar-refractivity contribution in [1.29, 1.82) is 0 Å². The Hall–Kier alpha value is -0.430. The maximum Gasteiger partial charge on any atom is 0.243 e. The molecule has 1 heterocycles. The van der Waals surface area contributed by atoms with Crippen LogP contribution in [0.1, 0.15) is 19.8 Å². The summed E-state index contributed by atoms with van der Waals surface area (Å²) < 4.78 is 27.5. The normalized spacial score (nSPS) is 25.5. The summed E-state index contributed by atoms with van der Waals surface area (Å²) in [6, 6.07) is 6.79. The lowest BCUT2D eigenvalue weighted by Crippen LogP contribution is -2.49. The summed E-state index contributed by atoms with van der Waals surface area (Å²) in [5.74, 6) is 0. The molecule has 1 aromatic carbocycles. The second-order valence-corrected chi connectivity index (χ2v) is 7.62. The van der Waals surface area contributed by atoms with Crippen molar-refractivity contribution in [1.82, 2.24) is 4.31 Å². The Labute approximate surface area is 116 Å². The molecule has 0 spiro atoms. The van der Waals surface area contributed by atoms with Gasteiger partial charge in [0.2, 0.25) is 10.0 Å². The fourth-order valence-electron chi connectivity index (χ4n) is 2.37. The molecule has 4 nitrogen and oxygen atoms in total. The lowest BCUT2D eigenvalue weighted by Gasteiger charge is -2.33. The number of halogens is 1. The first-order valence-corrected chi connectivity index (χ1v) is 8.12. The second kappa shape index (κ2) is 4.92. The molecule has 0 aliphatic carbocycles. The molecule has 6 heteroatoms. The van der Waals surface area contributed by atoms with Gasteiger partial charge in [-0.05, 0) is 38.0 Å². The molecule has 0 aromatic heterocycles. The van der Waals surface area contributed by atoms with Crippen LogP contribution in [0, 0.1) is 0 Å². The summed E-state index contributed by atoms with van der Waals surface area (Å²) in [7, 11) is -3.46. The second-order valence-electron chi connectivity index (χ2n) is 4.84. The molecule has 1 atom stereocenters. The van der Waals surface area contributed by atoms with E-state index in [1.807, 2.05) is 13.0 Å². The van der Waals surface area contributed by atoms with Crippen molar-refractivity contribution in [3.05, 3.63) is 28.7 Å². The van der Waals surface area contributed by atoms with E-state index in [0.717, 1.165) is 17.3 Å². The van der Waals surface area contributed by atoms with Crippen LogP contribution in [0.3, 0.4) is 0 Å². The SMILES string of the molecule is CC1(CN)CCCN1S(=O)(=O)c1cccc(Br)c1. The van der Waals surface area contributed by atoms with Crippen molar-refractivity contribution < 1.29 is 8.42 Å². The van der Waals surface area contributed by atoms with Gasteiger partial charge >= 0.3 is 0 Å². The van der Waals surface area contributed by atoms with E-state index >= 15 is 0 Å². The Morgan fingerprint density at radius 1 is 1.50 bits per heavy atom. The first kappa shape index (κ1) is 14.0. The Balaban J connectivity index is 2.43. The third-order valence-electron chi connectivity index (χ3n) is 3.50. The summed E-state index contributed by atoms with van der Waals surface area (Å²) in [6.45, 7) is 2.80. The van der Waals surface area contributed by atoms with Gasteiger partial charge in [-0.25, -0.2) is 8.42 Å². The smallest absolute Gasteiger partial charge is 0.243 e. The largest absolute Gasteiger partial charge is 0.329 e. The first-order chi connectivity index (χ1) is 8.40. The van der Waals surface area contributed by atoms with Crippen molar-refractivity contribution in [2.75, 3.05) is 13.1 Å². The number of sulfonamides is 1. The molecule has 0 radical (unpaired) electrons. The minimum absolute atomic E-state index is 0.318. The highest BCUT2D eigenvalue weighted by atomic mass is 79.9. The van der Waals surface area contributed by atoms with E-state index in [9.17, 15) is 8.42 Å². The molecule has 1 aliphatic rings. The molecule has 0 saturated carbocycles.